The standard InChI is InChI=1S/C18H23N3O2/c1-23-16-6-7-17-14(12-16)4-2-5-15(17)13-19-18(22)8-11-21-10-3-9-20-21/h3,6-7,9-10,12,15H,2,4-5,8,11,13H2,1H3,(H,19,22)/t15-/m0/s1. The highest BCUT2D eigenvalue weighted by Crippen LogP contribution is 2.33. The van der Waals surface area contributed by atoms with Gasteiger partial charge in [-0.15, -0.1) is 0 Å². The van der Waals surface area contributed by atoms with Gasteiger partial charge in [-0.2, -0.15) is 5.10 Å². The second-order valence-electron chi connectivity index (χ2n) is 5.98. The number of benzene rings is 1. The van der Waals surface area contributed by atoms with Crippen molar-refractivity contribution in [1.29, 1.82) is 0 Å². The predicted molar refractivity (Wildman–Crippen MR) is 88.5 cm³/mol. The second-order valence-corrected chi connectivity index (χ2v) is 5.98. The van der Waals surface area contributed by atoms with Crippen LogP contribution in [0.5, 0.6) is 5.75 Å². The van der Waals surface area contributed by atoms with Crippen LogP contribution in [0, 0.1) is 0 Å². The number of ether oxygens (including phenoxy) is 1. The molecule has 1 aromatic carbocycles. The molecule has 3 rings (SSSR count). The zero-order valence-corrected chi connectivity index (χ0v) is 13.5. The molecule has 1 amide bonds. The first-order valence-corrected chi connectivity index (χ1v) is 8.17. The third-order valence-corrected chi connectivity index (χ3v) is 4.46. The van der Waals surface area contributed by atoms with E-state index in [-0.39, 0.29) is 5.91 Å². The normalized spacial score (nSPS) is 16.7. The van der Waals surface area contributed by atoms with E-state index in [0.29, 0.717) is 25.4 Å². The summed E-state index contributed by atoms with van der Waals surface area (Å²) >= 11 is 0. The van der Waals surface area contributed by atoms with Crippen molar-refractivity contribution in [2.24, 2.45) is 0 Å². The van der Waals surface area contributed by atoms with Gasteiger partial charge in [0.25, 0.3) is 0 Å². The van der Waals surface area contributed by atoms with E-state index in [1.807, 2.05) is 18.3 Å². The number of nitrogens with one attached hydrogen (secondary N) is 1. The highest BCUT2D eigenvalue weighted by molar-refractivity contribution is 5.75. The Labute approximate surface area is 136 Å². The van der Waals surface area contributed by atoms with Crippen molar-refractivity contribution in [3.8, 4) is 5.75 Å². The minimum absolute atomic E-state index is 0.0844. The number of amides is 1. The molecule has 1 atom stereocenters. The van der Waals surface area contributed by atoms with Gasteiger partial charge in [-0.05, 0) is 48.6 Å². The molecule has 0 saturated carbocycles. The molecule has 0 aliphatic heterocycles. The molecule has 1 N–H and O–H groups in total. The molecule has 122 valence electrons. The Hall–Kier alpha value is -2.30. The summed E-state index contributed by atoms with van der Waals surface area (Å²) in [6.45, 7) is 1.33. The molecule has 2 aromatic rings. The smallest absolute Gasteiger partial charge is 0.221 e. The fraction of sp³-hybridized carbons (Fsp3) is 0.444. The molecule has 0 unspecified atom stereocenters. The molecule has 23 heavy (non-hydrogen) atoms. The average Bonchev–Trinajstić information content (AvgIpc) is 3.11. The number of hydrogen-bond donors (Lipinski definition) is 1. The molecule has 1 heterocycles. The van der Waals surface area contributed by atoms with Crippen LogP contribution in [0.2, 0.25) is 0 Å². The third-order valence-electron chi connectivity index (χ3n) is 4.46. The Morgan fingerprint density at radius 2 is 2.39 bits per heavy atom. The van der Waals surface area contributed by atoms with Gasteiger partial charge in [0.15, 0.2) is 0 Å². The van der Waals surface area contributed by atoms with Crippen LogP contribution >= 0.6 is 0 Å². The molecule has 0 fully saturated rings. The molecular formula is C18H23N3O2. The summed E-state index contributed by atoms with van der Waals surface area (Å²) in [5.41, 5.74) is 2.70. The number of hydrogen-bond acceptors (Lipinski definition) is 3. The van der Waals surface area contributed by atoms with Gasteiger partial charge in [0.2, 0.25) is 5.91 Å². The van der Waals surface area contributed by atoms with E-state index < -0.39 is 0 Å². The first-order chi connectivity index (χ1) is 11.3. The van der Waals surface area contributed by atoms with Crippen LogP contribution < -0.4 is 10.1 Å². The van der Waals surface area contributed by atoms with Crippen molar-refractivity contribution in [3.05, 3.63) is 47.8 Å². The maximum Gasteiger partial charge on any atom is 0.221 e. The van der Waals surface area contributed by atoms with Crippen LogP contribution in [0.3, 0.4) is 0 Å². The maximum absolute atomic E-state index is 12.0. The fourth-order valence-corrected chi connectivity index (χ4v) is 3.20. The Morgan fingerprint density at radius 3 is 3.17 bits per heavy atom. The molecule has 0 saturated heterocycles. The van der Waals surface area contributed by atoms with Crippen molar-refractivity contribution >= 4 is 5.91 Å². The quantitative estimate of drug-likeness (QED) is 0.891. The van der Waals surface area contributed by atoms with Crippen LogP contribution in [0.1, 0.15) is 36.3 Å². The summed E-state index contributed by atoms with van der Waals surface area (Å²) in [6.07, 6.45) is 7.44. The molecular weight excluding hydrogens is 290 g/mol. The topological polar surface area (TPSA) is 56.1 Å². The van der Waals surface area contributed by atoms with Gasteiger partial charge in [0.1, 0.15) is 5.75 Å². The van der Waals surface area contributed by atoms with Crippen molar-refractivity contribution < 1.29 is 9.53 Å². The molecule has 0 bridgehead atoms. The summed E-state index contributed by atoms with van der Waals surface area (Å²) in [5, 5.41) is 7.18. The van der Waals surface area contributed by atoms with E-state index in [9.17, 15) is 4.79 Å². The van der Waals surface area contributed by atoms with Crippen molar-refractivity contribution in [1.82, 2.24) is 15.1 Å². The number of aromatic nitrogens is 2. The van der Waals surface area contributed by atoms with Crippen molar-refractivity contribution in [2.45, 2.75) is 38.1 Å². The summed E-state index contributed by atoms with van der Waals surface area (Å²) in [7, 11) is 1.70. The van der Waals surface area contributed by atoms with Gasteiger partial charge in [-0.1, -0.05) is 6.07 Å². The molecule has 0 spiro atoms. The zero-order valence-electron chi connectivity index (χ0n) is 13.5. The lowest BCUT2D eigenvalue weighted by Crippen LogP contribution is -2.30. The number of carbonyl (C=O) groups is 1. The highest BCUT2D eigenvalue weighted by Gasteiger charge is 2.21. The first-order valence-electron chi connectivity index (χ1n) is 8.17. The largest absolute Gasteiger partial charge is 0.497 e. The average molecular weight is 313 g/mol. The summed E-state index contributed by atoms with van der Waals surface area (Å²) in [5.74, 6) is 1.40. The van der Waals surface area contributed by atoms with E-state index >= 15 is 0 Å². The van der Waals surface area contributed by atoms with Crippen LogP contribution in [-0.2, 0) is 17.8 Å². The number of fused-ring (bicyclic) bond motifs is 1. The van der Waals surface area contributed by atoms with Gasteiger partial charge < -0.3 is 10.1 Å². The van der Waals surface area contributed by atoms with E-state index in [0.717, 1.165) is 25.0 Å². The molecule has 5 nitrogen and oxygen atoms in total. The summed E-state index contributed by atoms with van der Waals surface area (Å²) < 4.78 is 7.08. The van der Waals surface area contributed by atoms with Crippen LogP contribution in [-0.4, -0.2) is 29.3 Å². The Bertz CT molecular complexity index is 652. The third kappa shape index (κ3) is 3.92. The predicted octanol–water partition coefficient (Wildman–Crippen LogP) is 2.52. The van der Waals surface area contributed by atoms with Gasteiger partial charge in [0, 0.05) is 37.8 Å². The van der Waals surface area contributed by atoms with E-state index in [1.54, 1.807) is 18.0 Å². The van der Waals surface area contributed by atoms with Gasteiger partial charge in [0.05, 0.1) is 7.11 Å². The van der Waals surface area contributed by atoms with Gasteiger partial charge in [-0.25, -0.2) is 0 Å². The lowest BCUT2D eigenvalue weighted by atomic mass is 9.82. The number of rotatable bonds is 6. The first kappa shape index (κ1) is 15.6. The summed E-state index contributed by atoms with van der Waals surface area (Å²) in [6, 6.07) is 8.15. The number of nitrogens with zero attached hydrogens (tertiary/aromatic N) is 2. The highest BCUT2D eigenvalue weighted by atomic mass is 16.5. The number of methoxy groups -OCH3 is 1. The van der Waals surface area contributed by atoms with Crippen LogP contribution in [0.4, 0.5) is 0 Å². The molecule has 1 aliphatic rings. The lowest BCUT2D eigenvalue weighted by Gasteiger charge is -2.26. The van der Waals surface area contributed by atoms with Crippen LogP contribution in [0.15, 0.2) is 36.7 Å². The van der Waals surface area contributed by atoms with E-state index in [1.165, 1.54) is 11.1 Å². The number of aryl methyl sites for hydroxylation is 2. The maximum atomic E-state index is 12.0. The van der Waals surface area contributed by atoms with Gasteiger partial charge in [-0.3, -0.25) is 9.48 Å². The minimum Gasteiger partial charge on any atom is -0.497 e. The fourth-order valence-electron chi connectivity index (χ4n) is 3.20. The monoisotopic (exact) mass is 313 g/mol. The SMILES string of the molecule is COc1ccc2c(c1)CCC[C@H]2CNC(=O)CCn1cccn1. The Kier molecular flexibility index (Phi) is 4.95. The molecule has 5 heteroatoms. The minimum atomic E-state index is 0.0844. The van der Waals surface area contributed by atoms with Crippen LogP contribution in [0.25, 0.3) is 0 Å². The van der Waals surface area contributed by atoms with E-state index in [4.69, 9.17) is 4.74 Å². The number of carbonyl (C=O) groups excluding carboxylic acids is 1. The van der Waals surface area contributed by atoms with E-state index in [2.05, 4.69) is 22.5 Å². The van der Waals surface area contributed by atoms with Crippen molar-refractivity contribution in [3.63, 3.8) is 0 Å². The van der Waals surface area contributed by atoms with Crippen molar-refractivity contribution in [2.75, 3.05) is 13.7 Å². The molecule has 0 radical (unpaired) electrons. The van der Waals surface area contributed by atoms with Gasteiger partial charge >= 0.3 is 0 Å². The lowest BCUT2D eigenvalue weighted by molar-refractivity contribution is -0.121. The summed E-state index contributed by atoms with van der Waals surface area (Å²) in [4.78, 5) is 12.0. The Morgan fingerprint density at radius 1 is 1.48 bits per heavy atom. The molecule has 1 aromatic heterocycles. The zero-order chi connectivity index (χ0) is 16.1. The Balaban J connectivity index is 1.54. The second kappa shape index (κ2) is 7.31. The molecule has 1 aliphatic carbocycles.